The zero-order valence-electron chi connectivity index (χ0n) is 11.2. The summed E-state index contributed by atoms with van der Waals surface area (Å²) >= 11 is 0. The van der Waals surface area contributed by atoms with Crippen LogP contribution in [0.5, 0.6) is 0 Å². The lowest BCUT2D eigenvalue weighted by Gasteiger charge is -2.23. The first-order chi connectivity index (χ1) is 10.1. The number of halogens is 1. The van der Waals surface area contributed by atoms with Crippen molar-refractivity contribution in [1.82, 2.24) is 14.3 Å². The van der Waals surface area contributed by atoms with Crippen LogP contribution < -0.4 is 0 Å². The second kappa shape index (κ2) is 5.50. The Morgan fingerprint density at radius 1 is 1.29 bits per heavy atom. The molecule has 0 N–H and O–H groups in total. The molecule has 21 heavy (non-hydrogen) atoms. The highest BCUT2D eigenvalue weighted by atomic mass is 32.2. The van der Waals surface area contributed by atoms with Crippen LogP contribution in [0.4, 0.5) is 4.39 Å². The highest BCUT2D eigenvalue weighted by Gasteiger charge is 2.36. The van der Waals surface area contributed by atoms with Gasteiger partial charge in [0, 0.05) is 12.7 Å². The molecule has 1 aliphatic rings. The topological polar surface area (TPSA) is 63.2 Å². The molecule has 1 aliphatic heterocycles. The number of aromatic nitrogens is 2. The van der Waals surface area contributed by atoms with Crippen molar-refractivity contribution in [3.63, 3.8) is 0 Å². The van der Waals surface area contributed by atoms with Gasteiger partial charge in [-0.15, -0.1) is 0 Å². The fraction of sp³-hybridized carbons (Fsp3) is 0.286. The Morgan fingerprint density at radius 2 is 2.14 bits per heavy atom. The molecule has 1 fully saturated rings. The smallest absolute Gasteiger partial charge is 0.243 e. The van der Waals surface area contributed by atoms with E-state index in [-0.39, 0.29) is 10.9 Å². The van der Waals surface area contributed by atoms with E-state index in [1.54, 1.807) is 12.3 Å². The molecule has 0 spiro atoms. The van der Waals surface area contributed by atoms with Crippen LogP contribution in [0.25, 0.3) is 0 Å². The first kappa shape index (κ1) is 14.1. The third-order valence-electron chi connectivity index (χ3n) is 3.55. The van der Waals surface area contributed by atoms with Gasteiger partial charge in [-0.1, -0.05) is 6.07 Å². The van der Waals surface area contributed by atoms with E-state index in [0.717, 1.165) is 12.5 Å². The van der Waals surface area contributed by atoms with Crippen LogP contribution in [0.3, 0.4) is 0 Å². The van der Waals surface area contributed by atoms with E-state index in [1.165, 1.54) is 28.8 Å². The first-order valence-corrected chi connectivity index (χ1v) is 8.06. The normalized spacial score (nSPS) is 19.8. The Kier molecular flexibility index (Phi) is 3.69. The maximum Gasteiger partial charge on any atom is 0.243 e. The summed E-state index contributed by atoms with van der Waals surface area (Å²) in [7, 11) is -3.73. The summed E-state index contributed by atoms with van der Waals surface area (Å²) in [5.74, 6) is -0.561. The van der Waals surface area contributed by atoms with E-state index >= 15 is 0 Å². The van der Waals surface area contributed by atoms with Crippen LogP contribution in [0.2, 0.25) is 0 Å². The van der Waals surface area contributed by atoms with E-state index in [4.69, 9.17) is 0 Å². The molecule has 2 heterocycles. The number of benzene rings is 1. The second-order valence-electron chi connectivity index (χ2n) is 4.87. The molecule has 1 unspecified atom stereocenters. The lowest BCUT2D eigenvalue weighted by molar-refractivity contribution is 0.390. The fourth-order valence-corrected chi connectivity index (χ4v) is 4.29. The van der Waals surface area contributed by atoms with E-state index in [9.17, 15) is 12.8 Å². The van der Waals surface area contributed by atoms with Crippen molar-refractivity contribution < 1.29 is 12.8 Å². The van der Waals surface area contributed by atoms with Gasteiger partial charge in [-0.2, -0.15) is 4.31 Å². The molecule has 0 bridgehead atoms. The average Bonchev–Trinajstić information content (AvgIpc) is 2.98. The van der Waals surface area contributed by atoms with Crippen LogP contribution in [-0.4, -0.2) is 29.2 Å². The van der Waals surface area contributed by atoms with Crippen LogP contribution in [-0.2, 0) is 10.0 Å². The summed E-state index contributed by atoms with van der Waals surface area (Å²) < 4.78 is 40.1. The third-order valence-corrected chi connectivity index (χ3v) is 5.46. The number of hydrogen-bond donors (Lipinski definition) is 0. The van der Waals surface area contributed by atoms with E-state index in [1.807, 2.05) is 0 Å². The van der Waals surface area contributed by atoms with Gasteiger partial charge in [0.25, 0.3) is 0 Å². The predicted octanol–water partition coefficient (Wildman–Crippen LogP) is 2.14. The Morgan fingerprint density at radius 3 is 2.86 bits per heavy atom. The highest BCUT2D eigenvalue weighted by Crippen LogP contribution is 2.35. The largest absolute Gasteiger partial charge is 0.245 e. The summed E-state index contributed by atoms with van der Waals surface area (Å²) in [5, 5.41) is 0. The number of sulfonamides is 1. The van der Waals surface area contributed by atoms with Gasteiger partial charge in [-0.3, -0.25) is 0 Å². The molecule has 7 heteroatoms. The molecule has 3 rings (SSSR count). The Labute approximate surface area is 122 Å². The zero-order chi connectivity index (χ0) is 14.9. The molecule has 0 saturated carbocycles. The predicted molar refractivity (Wildman–Crippen MR) is 74.3 cm³/mol. The minimum atomic E-state index is -3.73. The quantitative estimate of drug-likeness (QED) is 0.871. The van der Waals surface area contributed by atoms with Crippen molar-refractivity contribution in [2.75, 3.05) is 6.54 Å². The van der Waals surface area contributed by atoms with Crippen molar-refractivity contribution in [3.05, 3.63) is 54.4 Å². The van der Waals surface area contributed by atoms with Gasteiger partial charge in [-0.25, -0.2) is 22.8 Å². The van der Waals surface area contributed by atoms with E-state index < -0.39 is 15.8 Å². The van der Waals surface area contributed by atoms with Crippen LogP contribution >= 0.6 is 0 Å². The molecule has 2 aromatic rings. The Hall–Kier alpha value is -1.86. The van der Waals surface area contributed by atoms with E-state index in [2.05, 4.69) is 9.97 Å². The number of nitrogens with zero attached hydrogens (tertiary/aromatic N) is 3. The van der Waals surface area contributed by atoms with Crippen molar-refractivity contribution in [3.8, 4) is 0 Å². The minimum absolute atomic E-state index is 0.0246. The van der Waals surface area contributed by atoms with E-state index in [0.29, 0.717) is 18.7 Å². The van der Waals surface area contributed by atoms with Crippen molar-refractivity contribution in [2.45, 2.75) is 23.8 Å². The molecule has 5 nitrogen and oxygen atoms in total. The lowest BCUT2D eigenvalue weighted by Crippen LogP contribution is -2.31. The maximum atomic E-state index is 13.3. The fourth-order valence-electron chi connectivity index (χ4n) is 2.58. The second-order valence-corrected chi connectivity index (χ2v) is 6.76. The molecule has 1 aromatic carbocycles. The monoisotopic (exact) mass is 307 g/mol. The SMILES string of the molecule is O=S(=O)(c1cccc(F)c1)N1CCCC1c1ccncn1. The number of rotatable bonds is 3. The summed E-state index contributed by atoms with van der Waals surface area (Å²) in [6, 6.07) is 6.48. The number of hydrogen-bond acceptors (Lipinski definition) is 4. The van der Waals surface area contributed by atoms with Gasteiger partial charge in [0.05, 0.1) is 16.6 Å². The van der Waals surface area contributed by atoms with Crippen LogP contribution in [0.15, 0.2) is 47.8 Å². The van der Waals surface area contributed by atoms with Gasteiger partial charge in [0.15, 0.2) is 0 Å². The highest BCUT2D eigenvalue weighted by molar-refractivity contribution is 7.89. The third kappa shape index (κ3) is 2.66. The summed E-state index contributed by atoms with van der Waals surface area (Å²) in [6.07, 6.45) is 4.45. The average molecular weight is 307 g/mol. The zero-order valence-corrected chi connectivity index (χ0v) is 12.0. The molecule has 1 aromatic heterocycles. The molecule has 110 valence electrons. The summed E-state index contributed by atoms with van der Waals surface area (Å²) in [6.45, 7) is 0.410. The van der Waals surface area contributed by atoms with Crippen molar-refractivity contribution >= 4 is 10.0 Å². The Bertz CT molecular complexity index is 737. The molecule has 1 saturated heterocycles. The van der Waals surface area contributed by atoms with Crippen LogP contribution in [0, 0.1) is 5.82 Å². The van der Waals surface area contributed by atoms with Crippen molar-refractivity contribution in [2.24, 2.45) is 0 Å². The molecular formula is C14H14FN3O2S. The molecule has 0 amide bonds. The lowest BCUT2D eigenvalue weighted by atomic mass is 10.1. The van der Waals surface area contributed by atoms with Crippen molar-refractivity contribution in [1.29, 1.82) is 0 Å². The standard InChI is InChI=1S/C14H14FN3O2S/c15-11-3-1-4-12(9-11)21(19,20)18-8-2-5-14(18)13-6-7-16-10-17-13/h1,3-4,6-7,9-10,14H,2,5,8H2. The van der Waals surface area contributed by atoms with Gasteiger partial charge < -0.3 is 0 Å². The summed E-state index contributed by atoms with van der Waals surface area (Å²) in [5.41, 5.74) is 0.669. The molecular weight excluding hydrogens is 293 g/mol. The summed E-state index contributed by atoms with van der Waals surface area (Å²) in [4.78, 5) is 7.96. The minimum Gasteiger partial charge on any atom is -0.245 e. The Balaban J connectivity index is 1.98. The van der Waals surface area contributed by atoms with Crippen LogP contribution in [0.1, 0.15) is 24.6 Å². The van der Waals surface area contributed by atoms with Gasteiger partial charge in [0.2, 0.25) is 10.0 Å². The molecule has 1 atom stereocenters. The first-order valence-electron chi connectivity index (χ1n) is 6.62. The van der Waals surface area contributed by atoms with Gasteiger partial charge in [-0.05, 0) is 37.1 Å². The van der Waals surface area contributed by atoms with Gasteiger partial charge >= 0.3 is 0 Å². The van der Waals surface area contributed by atoms with Gasteiger partial charge in [0.1, 0.15) is 12.1 Å². The maximum absolute atomic E-state index is 13.3. The molecule has 0 radical (unpaired) electrons. The molecule has 0 aliphatic carbocycles.